The van der Waals surface area contributed by atoms with Crippen LogP contribution in [0.25, 0.3) is 6.08 Å². The number of ether oxygens (including phenoxy) is 1. The molecule has 0 aliphatic carbocycles. The second kappa shape index (κ2) is 10.5. The van der Waals surface area contributed by atoms with Gasteiger partial charge in [-0.1, -0.05) is 54.6 Å². The predicted molar refractivity (Wildman–Crippen MR) is 118 cm³/mol. The highest BCUT2D eigenvalue weighted by atomic mass is 16.5. The Morgan fingerprint density at radius 3 is 2.23 bits per heavy atom. The molecule has 0 aromatic heterocycles. The van der Waals surface area contributed by atoms with Crippen molar-refractivity contribution in [2.45, 2.75) is 13.2 Å². The lowest BCUT2D eigenvalue weighted by Gasteiger charge is -2.06. The summed E-state index contributed by atoms with van der Waals surface area (Å²) >= 11 is 0. The van der Waals surface area contributed by atoms with Crippen LogP contribution in [0, 0.1) is 0 Å². The Kier molecular flexibility index (Phi) is 7.22. The number of nitrogens with two attached hydrogens (primary N) is 1. The maximum atomic E-state index is 12.0. The van der Waals surface area contributed by atoms with Crippen LogP contribution in [0.5, 0.6) is 5.75 Å². The van der Waals surface area contributed by atoms with Crippen LogP contribution in [-0.2, 0) is 17.9 Å². The van der Waals surface area contributed by atoms with E-state index in [0.717, 1.165) is 22.4 Å². The fraction of sp³-hybridized carbons (Fsp3) is 0.0833. The zero-order chi connectivity index (χ0) is 21.2. The van der Waals surface area contributed by atoms with E-state index in [-0.39, 0.29) is 5.91 Å². The van der Waals surface area contributed by atoms with Gasteiger partial charge in [0.25, 0.3) is 0 Å². The van der Waals surface area contributed by atoms with E-state index in [2.05, 4.69) is 10.6 Å². The molecule has 6 nitrogen and oxygen atoms in total. The van der Waals surface area contributed by atoms with Crippen molar-refractivity contribution < 1.29 is 14.3 Å². The Hall–Kier alpha value is -4.06. The van der Waals surface area contributed by atoms with Crippen LogP contribution >= 0.6 is 0 Å². The predicted octanol–water partition coefficient (Wildman–Crippen LogP) is 4.09. The van der Waals surface area contributed by atoms with Gasteiger partial charge in [0.2, 0.25) is 5.91 Å². The molecular formula is C24H23N3O3. The van der Waals surface area contributed by atoms with Crippen LogP contribution in [0.4, 0.5) is 10.5 Å². The Labute approximate surface area is 175 Å². The molecule has 0 saturated heterocycles. The summed E-state index contributed by atoms with van der Waals surface area (Å²) in [6.07, 6.45) is 3.24. The number of nitrogens with one attached hydrogen (secondary N) is 2. The summed E-state index contributed by atoms with van der Waals surface area (Å²) in [5.41, 5.74) is 8.59. The van der Waals surface area contributed by atoms with Crippen molar-refractivity contribution in [1.29, 1.82) is 0 Å². The van der Waals surface area contributed by atoms with Crippen molar-refractivity contribution in [3.05, 3.63) is 102 Å². The van der Waals surface area contributed by atoms with E-state index < -0.39 is 6.03 Å². The number of carbonyl (C=O) groups is 2. The number of carbonyl (C=O) groups excluding carboxylic acids is 2. The number of anilines is 1. The molecule has 0 unspecified atom stereocenters. The van der Waals surface area contributed by atoms with Crippen molar-refractivity contribution in [1.82, 2.24) is 5.32 Å². The number of hydrogen-bond donors (Lipinski definition) is 3. The van der Waals surface area contributed by atoms with Gasteiger partial charge in [0.15, 0.2) is 0 Å². The molecule has 0 saturated carbocycles. The standard InChI is InChI=1S/C24H23N3O3/c25-24(29)27-21-11-6-19(7-12-21)16-26-23(28)15-10-18-8-13-22(14-9-18)30-17-20-4-2-1-3-5-20/h1-15H,16-17H2,(H,26,28)(H3,25,27,29)/b15-10+. The smallest absolute Gasteiger partial charge is 0.316 e. The fourth-order valence-corrected chi connectivity index (χ4v) is 2.68. The van der Waals surface area contributed by atoms with Gasteiger partial charge in [0, 0.05) is 18.3 Å². The van der Waals surface area contributed by atoms with Gasteiger partial charge in [0.05, 0.1) is 0 Å². The minimum absolute atomic E-state index is 0.196. The van der Waals surface area contributed by atoms with Crippen LogP contribution in [0.15, 0.2) is 84.9 Å². The van der Waals surface area contributed by atoms with Gasteiger partial charge in [-0.25, -0.2) is 4.79 Å². The average Bonchev–Trinajstić information content (AvgIpc) is 2.77. The maximum absolute atomic E-state index is 12.0. The molecule has 0 spiro atoms. The van der Waals surface area contributed by atoms with E-state index in [1.807, 2.05) is 66.7 Å². The van der Waals surface area contributed by atoms with Crippen molar-refractivity contribution in [2.75, 3.05) is 5.32 Å². The third-order valence-electron chi connectivity index (χ3n) is 4.24. The van der Waals surface area contributed by atoms with Gasteiger partial charge >= 0.3 is 6.03 Å². The third-order valence-corrected chi connectivity index (χ3v) is 4.24. The molecule has 0 aliphatic rings. The van der Waals surface area contributed by atoms with Gasteiger partial charge < -0.3 is 21.1 Å². The summed E-state index contributed by atoms with van der Waals surface area (Å²) in [6.45, 7) is 0.893. The van der Waals surface area contributed by atoms with Crippen molar-refractivity contribution in [2.24, 2.45) is 5.73 Å². The zero-order valence-electron chi connectivity index (χ0n) is 16.4. The van der Waals surface area contributed by atoms with Gasteiger partial charge in [-0.05, 0) is 47.0 Å². The van der Waals surface area contributed by atoms with E-state index in [1.54, 1.807) is 18.2 Å². The molecule has 6 heteroatoms. The summed E-state index contributed by atoms with van der Waals surface area (Å²) in [6, 6.07) is 24.0. The highest BCUT2D eigenvalue weighted by Gasteiger charge is 2.00. The van der Waals surface area contributed by atoms with Crippen LogP contribution < -0.4 is 21.1 Å². The van der Waals surface area contributed by atoms with E-state index in [1.165, 1.54) is 6.08 Å². The lowest BCUT2D eigenvalue weighted by molar-refractivity contribution is -0.116. The first-order chi connectivity index (χ1) is 14.6. The highest BCUT2D eigenvalue weighted by Crippen LogP contribution is 2.15. The SMILES string of the molecule is NC(=O)Nc1ccc(CNC(=O)/C=C/c2ccc(OCc3ccccc3)cc2)cc1. The number of rotatable bonds is 8. The Morgan fingerprint density at radius 1 is 0.867 bits per heavy atom. The Balaban J connectivity index is 1.44. The molecule has 3 rings (SSSR count). The van der Waals surface area contributed by atoms with Crippen molar-refractivity contribution in [3.63, 3.8) is 0 Å². The molecule has 0 radical (unpaired) electrons. The van der Waals surface area contributed by atoms with Gasteiger partial charge in [-0.2, -0.15) is 0 Å². The second-order valence-corrected chi connectivity index (χ2v) is 6.58. The van der Waals surface area contributed by atoms with Gasteiger partial charge in [0.1, 0.15) is 12.4 Å². The average molecular weight is 401 g/mol. The lowest BCUT2D eigenvalue weighted by atomic mass is 10.2. The van der Waals surface area contributed by atoms with Crippen LogP contribution in [-0.4, -0.2) is 11.9 Å². The van der Waals surface area contributed by atoms with Crippen LogP contribution in [0.1, 0.15) is 16.7 Å². The summed E-state index contributed by atoms with van der Waals surface area (Å²) in [4.78, 5) is 22.8. The minimum Gasteiger partial charge on any atom is -0.489 e. The van der Waals surface area contributed by atoms with E-state index >= 15 is 0 Å². The van der Waals surface area contributed by atoms with Crippen LogP contribution in [0.3, 0.4) is 0 Å². The fourth-order valence-electron chi connectivity index (χ4n) is 2.68. The molecule has 0 bridgehead atoms. The molecule has 4 N–H and O–H groups in total. The molecule has 30 heavy (non-hydrogen) atoms. The second-order valence-electron chi connectivity index (χ2n) is 6.58. The molecule has 0 fully saturated rings. The third kappa shape index (κ3) is 6.83. The first-order valence-corrected chi connectivity index (χ1v) is 9.46. The quantitative estimate of drug-likeness (QED) is 0.496. The van der Waals surface area contributed by atoms with E-state index in [0.29, 0.717) is 18.8 Å². The van der Waals surface area contributed by atoms with Crippen molar-refractivity contribution >= 4 is 23.7 Å². The Morgan fingerprint density at radius 2 is 1.57 bits per heavy atom. The van der Waals surface area contributed by atoms with Gasteiger partial charge in [-0.15, -0.1) is 0 Å². The van der Waals surface area contributed by atoms with Crippen molar-refractivity contribution in [3.8, 4) is 5.75 Å². The molecule has 3 aromatic rings. The maximum Gasteiger partial charge on any atom is 0.316 e. The summed E-state index contributed by atoms with van der Waals surface area (Å²) in [5.74, 6) is 0.577. The molecule has 0 atom stereocenters. The number of primary amides is 1. The topological polar surface area (TPSA) is 93.5 Å². The lowest BCUT2D eigenvalue weighted by Crippen LogP contribution is -2.20. The molecule has 3 aromatic carbocycles. The Bertz CT molecular complexity index is 998. The summed E-state index contributed by atoms with van der Waals surface area (Å²) in [5, 5.41) is 5.30. The first-order valence-electron chi connectivity index (χ1n) is 9.46. The number of amides is 3. The normalized spacial score (nSPS) is 10.5. The van der Waals surface area contributed by atoms with Crippen LogP contribution in [0.2, 0.25) is 0 Å². The molecule has 0 aliphatic heterocycles. The number of hydrogen-bond acceptors (Lipinski definition) is 3. The number of benzene rings is 3. The number of urea groups is 1. The first kappa shape index (κ1) is 20.7. The molecular weight excluding hydrogens is 378 g/mol. The highest BCUT2D eigenvalue weighted by molar-refractivity contribution is 5.91. The minimum atomic E-state index is -0.614. The molecule has 3 amide bonds. The summed E-state index contributed by atoms with van der Waals surface area (Å²) in [7, 11) is 0. The van der Waals surface area contributed by atoms with Gasteiger partial charge in [-0.3, -0.25) is 4.79 Å². The monoisotopic (exact) mass is 401 g/mol. The van der Waals surface area contributed by atoms with E-state index in [4.69, 9.17) is 10.5 Å². The molecule has 152 valence electrons. The summed E-state index contributed by atoms with van der Waals surface area (Å²) < 4.78 is 5.76. The molecule has 0 heterocycles. The van der Waals surface area contributed by atoms with E-state index in [9.17, 15) is 9.59 Å². The zero-order valence-corrected chi connectivity index (χ0v) is 16.4. The largest absolute Gasteiger partial charge is 0.489 e.